The van der Waals surface area contributed by atoms with Gasteiger partial charge in [-0.2, -0.15) is 0 Å². The Hall–Kier alpha value is -2.36. The van der Waals surface area contributed by atoms with Crippen LogP contribution in [0.25, 0.3) is 0 Å². The molecule has 0 aliphatic heterocycles. The molecule has 1 saturated carbocycles. The molecule has 5 rings (SSSR count). The molecular weight excluding hydrogens is 556 g/mol. The van der Waals surface area contributed by atoms with Gasteiger partial charge in [0, 0.05) is 17.3 Å². The molecule has 1 fully saturated rings. The zero-order chi connectivity index (χ0) is 32.6. The van der Waals surface area contributed by atoms with E-state index in [1.165, 1.54) is 19.3 Å². The van der Waals surface area contributed by atoms with Gasteiger partial charge in [0.15, 0.2) is 0 Å². The van der Waals surface area contributed by atoms with E-state index in [-0.39, 0.29) is 39.7 Å². The fourth-order valence-electron chi connectivity index (χ4n) is 10.9. The molecule has 0 amide bonds. The average molecular weight is 617 g/mol. The fraction of sp³-hybridized carbons (Fsp3) is 0.707. The van der Waals surface area contributed by atoms with Crippen molar-refractivity contribution in [2.24, 2.45) is 45.3 Å². The molecule has 4 nitrogen and oxygen atoms in total. The van der Waals surface area contributed by atoms with Crippen LogP contribution in [-0.2, 0) is 14.3 Å². The van der Waals surface area contributed by atoms with Crippen molar-refractivity contribution in [3.05, 3.63) is 59.2 Å². The number of rotatable bonds is 11. The van der Waals surface area contributed by atoms with E-state index < -0.39 is 0 Å². The van der Waals surface area contributed by atoms with Gasteiger partial charge in [-0.15, -0.1) is 0 Å². The van der Waals surface area contributed by atoms with Crippen molar-refractivity contribution in [1.29, 1.82) is 0 Å². The Morgan fingerprint density at radius 3 is 2.36 bits per heavy atom. The zero-order valence-electron chi connectivity index (χ0n) is 29.5. The largest absolute Gasteiger partial charge is 0.466 e. The lowest BCUT2D eigenvalue weighted by Gasteiger charge is -2.63. The molecular formula is C41H60O4. The molecule has 4 aliphatic rings. The van der Waals surface area contributed by atoms with Gasteiger partial charge >= 0.3 is 11.9 Å². The molecule has 0 heterocycles. The number of esters is 2. The highest BCUT2D eigenvalue weighted by Gasteiger charge is 2.63. The summed E-state index contributed by atoms with van der Waals surface area (Å²) in [6, 6.07) is 9.43. The lowest BCUT2D eigenvalue weighted by atomic mass is 9.42. The first-order chi connectivity index (χ1) is 21.3. The number of hydrogen-bond donors (Lipinski definition) is 0. The highest BCUT2D eigenvalue weighted by Crippen LogP contribution is 2.72. The highest BCUT2D eigenvalue weighted by atomic mass is 16.5. The van der Waals surface area contributed by atoms with Crippen molar-refractivity contribution < 1.29 is 19.1 Å². The first-order valence-corrected chi connectivity index (χ1v) is 18.1. The standard InChI is InChI=1S/C41H60O4/c1-9-44-36(42)23-27-41-26-21-31(29(4)15-13-14-28(2)3)40(41,8)25-20-32-33(41)18-19-34-38(5,6)35(22-24-39(32,34)7)45-37(43)30-16-11-10-12-17-30/h10-12,16-17,21,26,28-29,31,34-35H,9,13-15,18-20,22-25,27H2,1-8H3/t29-,31-,34+,35+,39-,40-,41-/m1/s1. The number of carbonyl (C=O) groups excluding carboxylic acids is 2. The summed E-state index contributed by atoms with van der Waals surface area (Å²) in [6.45, 7) is 19.3. The number of ether oxygens (including phenoxy) is 2. The summed E-state index contributed by atoms with van der Waals surface area (Å²) in [5, 5.41) is 0. The summed E-state index contributed by atoms with van der Waals surface area (Å²) in [4.78, 5) is 26.0. The zero-order valence-corrected chi connectivity index (χ0v) is 29.5. The van der Waals surface area contributed by atoms with E-state index in [0.29, 0.717) is 36.3 Å². The molecule has 0 aromatic heterocycles. The number of benzene rings is 1. The first-order valence-electron chi connectivity index (χ1n) is 18.1. The normalized spacial score (nSPS) is 34.1. The van der Waals surface area contributed by atoms with Crippen LogP contribution < -0.4 is 0 Å². The molecule has 0 radical (unpaired) electrons. The summed E-state index contributed by atoms with van der Waals surface area (Å²) in [5.74, 6) is 2.06. The van der Waals surface area contributed by atoms with Crippen molar-refractivity contribution in [2.75, 3.05) is 6.61 Å². The van der Waals surface area contributed by atoms with Crippen molar-refractivity contribution in [3.63, 3.8) is 0 Å². The Labute approximate surface area is 273 Å². The lowest BCUT2D eigenvalue weighted by Crippen LogP contribution is -2.56. The molecule has 0 unspecified atom stereocenters. The maximum absolute atomic E-state index is 13.2. The van der Waals surface area contributed by atoms with Crippen LogP contribution in [0.3, 0.4) is 0 Å². The molecule has 7 atom stereocenters. The van der Waals surface area contributed by atoms with E-state index in [9.17, 15) is 9.59 Å². The van der Waals surface area contributed by atoms with Crippen LogP contribution >= 0.6 is 0 Å². The van der Waals surface area contributed by atoms with E-state index in [0.717, 1.165) is 50.9 Å². The number of fused-ring (bicyclic) bond motifs is 4. The smallest absolute Gasteiger partial charge is 0.338 e. The lowest BCUT2D eigenvalue weighted by molar-refractivity contribution is -0.144. The monoisotopic (exact) mass is 616 g/mol. The molecule has 45 heavy (non-hydrogen) atoms. The molecule has 0 saturated heterocycles. The van der Waals surface area contributed by atoms with Gasteiger partial charge in [-0.25, -0.2) is 4.79 Å². The Morgan fingerprint density at radius 2 is 1.67 bits per heavy atom. The quantitative estimate of drug-likeness (QED) is 0.183. The first kappa shape index (κ1) is 34.0. The fourth-order valence-corrected chi connectivity index (χ4v) is 10.9. The molecule has 0 spiro atoms. The minimum atomic E-state index is -0.205. The highest BCUT2D eigenvalue weighted by molar-refractivity contribution is 5.89. The van der Waals surface area contributed by atoms with Crippen molar-refractivity contribution in [1.82, 2.24) is 0 Å². The van der Waals surface area contributed by atoms with Crippen molar-refractivity contribution in [3.8, 4) is 0 Å². The molecule has 1 aromatic rings. The average Bonchev–Trinajstić information content (AvgIpc) is 3.31. The predicted molar refractivity (Wildman–Crippen MR) is 183 cm³/mol. The number of hydrogen-bond acceptors (Lipinski definition) is 4. The van der Waals surface area contributed by atoms with E-state index in [4.69, 9.17) is 9.47 Å². The second-order valence-electron chi connectivity index (χ2n) is 16.5. The van der Waals surface area contributed by atoms with Gasteiger partial charge in [0.1, 0.15) is 6.10 Å². The maximum atomic E-state index is 13.2. The van der Waals surface area contributed by atoms with Crippen molar-refractivity contribution >= 4 is 11.9 Å². The number of carbonyl (C=O) groups is 2. The molecule has 0 N–H and O–H groups in total. The van der Waals surface area contributed by atoms with Gasteiger partial charge in [-0.1, -0.05) is 109 Å². The summed E-state index contributed by atoms with van der Waals surface area (Å²) < 4.78 is 11.8. The van der Waals surface area contributed by atoms with Gasteiger partial charge in [0.25, 0.3) is 0 Å². The van der Waals surface area contributed by atoms with Crippen LogP contribution in [0.4, 0.5) is 0 Å². The van der Waals surface area contributed by atoms with Crippen LogP contribution in [0.5, 0.6) is 0 Å². The Balaban J connectivity index is 1.46. The van der Waals surface area contributed by atoms with Crippen LogP contribution in [0, 0.1) is 45.3 Å². The van der Waals surface area contributed by atoms with Gasteiger partial charge < -0.3 is 9.47 Å². The SMILES string of the molecule is CCOC(=O)CC[C@@]12C=C[C@H]([C@H](C)CCCC(C)C)[C@@]1(C)CCC1=C2CC[C@H]2C(C)(C)[C@@H](OC(=O)c3ccccc3)CC[C@]12C. The van der Waals surface area contributed by atoms with Crippen LogP contribution in [0.15, 0.2) is 53.6 Å². The third-order valence-electron chi connectivity index (χ3n) is 13.3. The van der Waals surface area contributed by atoms with Gasteiger partial charge in [-0.05, 0) is 98.5 Å². The third kappa shape index (κ3) is 5.98. The van der Waals surface area contributed by atoms with E-state index in [2.05, 4.69) is 60.6 Å². The molecule has 0 bridgehead atoms. The van der Waals surface area contributed by atoms with Gasteiger partial charge in [0.2, 0.25) is 0 Å². The van der Waals surface area contributed by atoms with Gasteiger partial charge in [0.05, 0.1) is 12.2 Å². The third-order valence-corrected chi connectivity index (χ3v) is 13.3. The Bertz CT molecular complexity index is 1290. The molecule has 248 valence electrons. The second kappa shape index (κ2) is 13.0. The van der Waals surface area contributed by atoms with Crippen LogP contribution in [-0.4, -0.2) is 24.6 Å². The topological polar surface area (TPSA) is 52.6 Å². The maximum Gasteiger partial charge on any atom is 0.338 e. The second-order valence-corrected chi connectivity index (χ2v) is 16.5. The summed E-state index contributed by atoms with van der Waals surface area (Å²) in [5.41, 5.74) is 3.89. The Kier molecular flexibility index (Phi) is 9.84. The minimum absolute atomic E-state index is 0.0643. The van der Waals surface area contributed by atoms with E-state index >= 15 is 0 Å². The summed E-state index contributed by atoms with van der Waals surface area (Å²) in [7, 11) is 0. The minimum Gasteiger partial charge on any atom is -0.466 e. The summed E-state index contributed by atoms with van der Waals surface area (Å²) >= 11 is 0. The number of allylic oxidation sites excluding steroid dienone is 4. The molecule has 4 heteroatoms. The van der Waals surface area contributed by atoms with E-state index in [1.807, 2.05) is 37.3 Å². The predicted octanol–water partition coefficient (Wildman–Crippen LogP) is 10.5. The van der Waals surface area contributed by atoms with Crippen molar-refractivity contribution in [2.45, 2.75) is 132 Å². The Morgan fingerprint density at radius 1 is 0.933 bits per heavy atom. The van der Waals surface area contributed by atoms with E-state index in [1.54, 1.807) is 11.1 Å². The van der Waals surface area contributed by atoms with Crippen LogP contribution in [0.2, 0.25) is 0 Å². The van der Waals surface area contributed by atoms with Crippen LogP contribution in [0.1, 0.15) is 136 Å². The summed E-state index contributed by atoms with van der Waals surface area (Å²) in [6.07, 6.45) is 16.6. The molecule has 1 aromatic carbocycles. The van der Waals surface area contributed by atoms with Gasteiger partial charge in [-0.3, -0.25) is 4.79 Å². The molecule has 4 aliphatic carbocycles.